The highest BCUT2D eigenvalue weighted by molar-refractivity contribution is 6.29. The molecule has 0 unspecified atom stereocenters. The number of hydrogen-bond acceptors (Lipinski definition) is 3. The molecule has 2 heterocycles. The van der Waals surface area contributed by atoms with Crippen molar-refractivity contribution in [2.45, 2.75) is 31.6 Å². The zero-order valence-electron chi connectivity index (χ0n) is 33.9. The lowest BCUT2D eigenvalue weighted by Gasteiger charge is -2.42. The summed E-state index contributed by atoms with van der Waals surface area (Å²) in [6.07, 6.45) is 0. The standard InChI is InChI=1S/C57H42N2O/c1-56(2,3)41-32-37-28-30-46-50-36-51(47-31-29-38(33-41)54(37)55(46)47)59(43-20-8-5-9-21-43)45-23-15-17-40(35-45)57(39-16-14-22-44(34-39)58(50)42-18-6-4-7-19-42)48-24-10-12-26-52(48)60-53-27-13-11-25-49(53)57/h4-36H,1-3H3. The van der Waals surface area contributed by atoms with E-state index < -0.39 is 5.41 Å². The number of anilines is 6. The number of fused-ring (bicyclic) bond motifs is 14. The molecule has 2 aliphatic rings. The van der Waals surface area contributed by atoms with E-state index in [0.29, 0.717) is 0 Å². The van der Waals surface area contributed by atoms with Gasteiger partial charge in [0.05, 0.1) is 16.8 Å². The Bertz CT molecular complexity index is 3080. The Morgan fingerprint density at radius 2 is 0.850 bits per heavy atom. The van der Waals surface area contributed by atoms with Crippen molar-refractivity contribution >= 4 is 66.4 Å². The van der Waals surface area contributed by atoms with Crippen LogP contribution in [-0.4, -0.2) is 0 Å². The Hall–Kier alpha value is -7.36. The van der Waals surface area contributed by atoms with Gasteiger partial charge >= 0.3 is 0 Å². The molecule has 0 atom stereocenters. The predicted octanol–water partition coefficient (Wildman–Crippen LogP) is 15.6. The lowest BCUT2D eigenvalue weighted by molar-refractivity contribution is 0.434. The minimum absolute atomic E-state index is 0.0155. The Kier molecular flexibility index (Phi) is 7.40. The lowest BCUT2D eigenvalue weighted by Crippen LogP contribution is -2.34. The average molecular weight is 771 g/mol. The van der Waals surface area contributed by atoms with Gasteiger partial charge in [-0.15, -0.1) is 0 Å². The Labute approximate surface area is 350 Å². The third kappa shape index (κ3) is 4.96. The van der Waals surface area contributed by atoms with Crippen LogP contribution in [0.15, 0.2) is 200 Å². The van der Waals surface area contributed by atoms with Gasteiger partial charge in [0, 0.05) is 50.0 Å². The highest BCUT2D eigenvalue weighted by Gasteiger charge is 2.46. The first-order chi connectivity index (χ1) is 29.4. The van der Waals surface area contributed by atoms with Crippen molar-refractivity contribution in [3.63, 3.8) is 0 Å². The van der Waals surface area contributed by atoms with Crippen molar-refractivity contribution in [1.29, 1.82) is 0 Å². The fourth-order valence-electron chi connectivity index (χ4n) is 10.2. The number of nitrogens with zero attached hydrogens (tertiary/aromatic N) is 2. The summed E-state index contributed by atoms with van der Waals surface area (Å²) in [5.41, 5.74) is 11.8. The molecule has 12 rings (SSSR count). The van der Waals surface area contributed by atoms with Gasteiger partial charge in [-0.1, -0.05) is 154 Å². The molecule has 1 spiro atoms. The largest absolute Gasteiger partial charge is 0.457 e. The zero-order valence-corrected chi connectivity index (χ0v) is 33.9. The molecule has 286 valence electrons. The van der Waals surface area contributed by atoms with Crippen LogP contribution in [0.4, 0.5) is 34.1 Å². The number of hydrogen-bond donors (Lipinski definition) is 0. The van der Waals surface area contributed by atoms with E-state index in [4.69, 9.17) is 4.74 Å². The van der Waals surface area contributed by atoms with Gasteiger partial charge in [-0.05, 0) is 105 Å². The molecule has 2 aliphatic heterocycles. The Morgan fingerprint density at radius 1 is 0.400 bits per heavy atom. The second kappa shape index (κ2) is 12.8. The molecule has 0 aliphatic carbocycles. The Morgan fingerprint density at radius 3 is 1.33 bits per heavy atom. The molecule has 3 heteroatoms. The molecule has 0 aromatic heterocycles. The van der Waals surface area contributed by atoms with Crippen molar-refractivity contribution in [2.24, 2.45) is 0 Å². The third-order valence-electron chi connectivity index (χ3n) is 12.9. The van der Waals surface area contributed by atoms with E-state index >= 15 is 0 Å². The summed E-state index contributed by atoms with van der Waals surface area (Å²) in [5.74, 6) is 1.73. The summed E-state index contributed by atoms with van der Waals surface area (Å²) >= 11 is 0. The van der Waals surface area contributed by atoms with Gasteiger partial charge in [-0.2, -0.15) is 0 Å². The highest BCUT2D eigenvalue weighted by Crippen LogP contribution is 2.58. The monoisotopic (exact) mass is 770 g/mol. The fraction of sp³-hybridized carbons (Fsp3) is 0.0877. The molecule has 0 N–H and O–H groups in total. The molecular formula is C57H42N2O. The van der Waals surface area contributed by atoms with Crippen LogP contribution >= 0.6 is 0 Å². The van der Waals surface area contributed by atoms with E-state index in [1.54, 1.807) is 0 Å². The molecule has 0 radical (unpaired) electrons. The maximum absolute atomic E-state index is 6.75. The predicted molar refractivity (Wildman–Crippen MR) is 250 cm³/mol. The molecule has 60 heavy (non-hydrogen) atoms. The molecule has 0 fully saturated rings. The van der Waals surface area contributed by atoms with Gasteiger partial charge in [0.1, 0.15) is 11.5 Å². The summed E-state index contributed by atoms with van der Waals surface area (Å²) in [6, 6.07) is 74.0. The normalized spacial score (nSPS) is 14.1. The number of rotatable bonds is 2. The van der Waals surface area contributed by atoms with E-state index in [1.807, 2.05) is 0 Å². The summed E-state index contributed by atoms with van der Waals surface area (Å²) in [7, 11) is 0. The maximum Gasteiger partial charge on any atom is 0.132 e. The molecule has 0 saturated carbocycles. The van der Waals surface area contributed by atoms with Crippen LogP contribution in [0.25, 0.3) is 32.3 Å². The van der Waals surface area contributed by atoms with Gasteiger partial charge in [0.15, 0.2) is 0 Å². The van der Waals surface area contributed by atoms with E-state index in [2.05, 4.69) is 231 Å². The first kappa shape index (κ1) is 34.7. The van der Waals surface area contributed by atoms with Crippen LogP contribution in [-0.2, 0) is 10.8 Å². The van der Waals surface area contributed by atoms with Crippen LogP contribution in [0.2, 0.25) is 0 Å². The zero-order chi connectivity index (χ0) is 40.2. The first-order valence-corrected chi connectivity index (χ1v) is 20.9. The summed E-state index contributed by atoms with van der Waals surface area (Å²) < 4.78 is 6.75. The van der Waals surface area contributed by atoms with Crippen LogP contribution in [0.1, 0.15) is 48.6 Å². The molecular weight excluding hydrogens is 729 g/mol. The van der Waals surface area contributed by atoms with Gasteiger partial charge in [-0.25, -0.2) is 0 Å². The Balaban J connectivity index is 1.29. The topological polar surface area (TPSA) is 15.7 Å². The molecule has 6 bridgehead atoms. The number of ether oxygens (including phenoxy) is 1. The number of para-hydroxylation sites is 4. The van der Waals surface area contributed by atoms with Crippen molar-refractivity contribution in [3.8, 4) is 11.5 Å². The van der Waals surface area contributed by atoms with Gasteiger partial charge in [0.25, 0.3) is 0 Å². The van der Waals surface area contributed by atoms with E-state index in [-0.39, 0.29) is 5.41 Å². The summed E-state index contributed by atoms with van der Waals surface area (Å²) in [5, 5.41) is 7.51. The van der Waals surface area contributed by atoms with Crippen molar-refractivity contribution < 1.29 is 4.74 Å². The lowest BCUT2D eigenvalue weighted by atomic mass is 9.63. The SMILES string of the molecule is CC(C)(C)c1cc2ccc3c4cc(c5ccc(c1)c2c35)N(c1ccccc1)c1cccc(c1)C1(c2cccc(c2)N4c2ccccc2)c2ccccc2Oc2ccccc21. The summed E-state index contributed by atoms with van der Waals surface area (Å²) in [6.45, 7) is 6.92. The average Bonchev–Trinajstić information content (AvgIpc) is 3.28. The smallest absolute Gasteiger partial charge is 0.132 e. The molecule has 0 amide bonds. The van der Waals surface area contributed by atoms with E-state index in [1.165, 1.54) is 49.0 Å². The molecule has 10 aromatic carbocycles. The van der Waals surface area contributed by atoms with E-state index in [0.717, 1.165) is 56.8 Å². The molecule has 3 nitrogen and oxygen atoms in total. The van der Waals surface area contributed by atoms with Crippen LogP contribution in [0, 0.1) is 0 Å². The second-order valence-electron chi connectivity index (χ2n) is 17.4. The van der Waals surface area contributed by atoms with Crippen LogP contribution in [0.5, 0.6) is 11.5 Å². The van der Waals surface area contributed by atoms with Gasteiger partial charge in [-0.3, -0.25) is 0 Å². The summed E-state index contributed by atoms with van der Waals surface area (Å²) in [4.78, 5) is 4.95. The van der Waals surface area contributed by atoms with Crippen molar-refractivity contribution in [1.82, 2.24) is 0 Å². The molecule has 10 aromatic rings. The third-order valence-corrected chi connectivity index (χ3v) is 12.9. The van der Waals surface area contributed by atoms with Gasteiger partial charge < -0.3 is 14.5 Å². The van der Waals surface area contributed by atoms with Gasteiger partial charge in [0.2, 0.25) is 0 Å². The quantitative estimate of drug-likeness (QED) is 0.163. The second-order valence-corrected chi connectivity index (χ2v) is 17.4. The van der Waals surface area contributed by atoms with Crippen LogP contribution in [0.3, 0.4) is 0 Å². The van der Waals surface area contributed by atoms with E-state index in [9.17, 15) is 0 Å². The highest BCUT2D eigenvalue weighted by atomic mass is 16.5. The number of benzene rings is 10. The van der Waals surface area contributed by atoms with Crippen LogP contribution < -0.4 is 14.5 Å². The molecule has 0 saturated heterocycles. The van der Waals surface area contributed by atoms with Crippen molar-refractivity contribution in [3.05, 3.63) is 228 Å². The first-order valence-electron chi connectivity index (χ1n) is 20.9. The van der Waals surface area contributed by atoms with Crippen molar-refractivity contribution in [2.75, 3.05) is 9.80 Å². The maximum atomic E-state index is 6.75. The minimum Gasteiger partial charge on any atom is -0.457 e. The minimum atomic E-state index is -0.707. The fourth-order valence-corrected chi connectivity index (χ4v) is 10.2.